The highest BCUT2D eigenvalue weighted by atomic mass is 32.3. The minimum atomic E-state index is -2.45. The molecule has 0 radical (unpaired) electrons. The first-order chi connectivity index (χ1) is 19.2. The lowest BCUT2D eigenvalue weighted by Crippen LogP contribution is -2.26. The summed E-state index contributed by atoms with van der Waals surface area (Å²) in [6, 6.07) is 13.4. The van der Waals surface area contributed by atoms with E-state index < -0.39 is 10.6 Å². The lowest BCUT2D eigenvalue weighted by molar-refractivity contribution is 0.0950. The Balaban J connectivity index is 1.32. The summed E-state index contributed by atoms with van der Waals surface area (Å²) in [5.41, 5.74) is 4.40. The maximum absolute atomic E-state index is 13.4. The van der Waals surface area contributed by atoms with Crippen LogP contribution in [0.25, 0.3) is 16.9 Å². The molecule has 2 aromatic heterocycles. The summed E-state index contributed by atoms with van der Waals surface area (Å²) in [6.45, 7) is 2.55. The molecule has 1 aliphatic carbocycles. The van der Waals surface area contributed by atoms with Crippen molar-refractivity contribution >= 4 is 27.8 Å². The van der Waals surface area contributed by atoms with Gasteiger partial charge < -0.3 is 15.4 Å². The normalized spacial score (nSPS) is 17.9. The van der Waals surface area contributed by atoms with Crippen molar-refractivity contribution in [1.29, 1.82) is 0 Å². The van der Waals surface area contributed by atoms with E-state index in [1.54, 1.807) is 16.8 Å². The fourth-order valence-corrected chi connectivity index (χ4v) is 6.56. The molecule has 2 aliphatic rings. The number of amides is 1. The first-order valence-electron chi connectivity index (χ1n) is 13.5. The zero-order chi connectivity index (χ0) is 27.9. The fraction of sp³-hybridized carbons (Fsp3) is 0.345. The second-order valence-electron chi connectivity index (χ2n) is 10.6. The Morgan fingerprint density at radius 3 is 2.55 bits per heavy atom. The highest BCUT2D eigenvalue weighted by Gasteiger charge is 2.26. The summed E-state index contributed by atoms with van der Waals surface area (Å²) in [5, 5.41) is 11.2. The Morgan fingerprint density at radius 1 is 1.10 bits per heavy atom. The Labute approximate surface area is 233 Å². The number of aromatic nitrogens is 3. The summed E-state index contributed by atoms with van der Waals surface area (Å²) in [5.74, 6) is 1.46. The first kappa shape index (κ1) is 26.5. The predicted octanol–water partition coefficient (Wildman–Crippen LogP) is 6.10. The molecule has 0 unspecified atom stereocenters. The van der Waals surface area contributed by atoms with Crippen molar-refractivity contribution in [2.45, 2.75) is 38.6 Å². The predicted molar refractivity (Wildman–Crippen MR) is 154 cm³/mol. The molecule has 3 heterocycles. The number of benzene rings is 2. The number of ether oxygens (including phenoxy) is 1. The summed E-state index contributed by atoms with van der Waals surface area (Å²) < 4.78 is 41.1. The topological polar surface area (TPSA) is 121 Å². The number of anilines is 1. The van der Waals surface area contributed by atoms with E-state index in [9.17, 15) is 18.3 Å². The van der Waals surface area contributed by atoms with Crippen molar-refractivity contribution in [1.82, 2.24) is 19.9 Å². The van der Waals surface area contributed by atoms with Gasteiger partial charge in [-0.05, 0) is 80.5 Å². The van der Waals surface area contributed by atoms with E-state index in [1.165, 1.54) is 24.3 Å². The standard InChI is InChI=1S/C29H32FN5O4S/c1-18-14-20(2-9-24(18)29(36)33-22-5-6-22)26-17-32-28-25(31-16-19-10-12-40(37,38)13-11-19)15-27(34-35(26)28)39-23-7-3-21(30)4-8-23/h2-4,7-9,14-15,17,19,22,31,37-38H,5-6,10-13,16H2,1H3,(H,33,36). The second-order valence-corrected chi connectivity index (χ2v) is 13.1. The van der Waals surface area contributed by atoms with Gasteiger partial charge in [0.25, 0.3) is 5.91 Å². The monoisotopic (exact) mass is 565 g/mol. The summed E-state index contributed by atoms with van der Waals surface area (Å²) in [6.07, 6.45) is 5.26. The number of imidazole rings is 1. The Morgan fingerprint density at radius 2 is 1.85 bits per heavy atom. The largest absolute Gasteiger partial charge is 0.438 e. The van der Waals surface area contributed by atoms with E-state index in [0.29, 0.717) is 52.5 Å². The number of nitrogens with one attached hydrogen (secondary N) is 2. The van der Waals surface area contributed by atoms with Crippen LogP contribution in [0.2, 0.25) is 0 Å². The van der Waals surface area contributed by atoms with Gasteiger partial charge in [-0.15, -0.1) is 5.10 Å². The zero-order valence-electron chi connectivity index (χ0n) is 22.1. The number of fused-ring (bicyclic) bond motifs is 1. The molecule has 40 heavy (non-hydrogen) atoms. The van der Waals surface area contributed by atoms with Crippen LogP contribution in [0.3, 0.4) is 0 Å². The minimum absolute atomic E-state index is 0.0618. The van der Waals surface area contributed by atoms with Crippen molar-refractivity contribution in [2.24, 2.45) is 5.92 Å². The van der Waals surface area contributed by atoms with E-state index in [1.807, 2.05) is 25.1 Å². The van der Waals surface area contributed by atoms with Crippen LogP contribution in [0.15, 0.2) is 54.7 Å². The lowest BCUT2D eigenvalue weighted by atomic mass is 10.0. The van der Waals surface area contributed by atoms with Crippen molar-refractivity contribution < 1.29 is 23.0 Å². The third-order valence-electron chi connectivity index (χ3n) is 7.45. The Kier molecular flexibility index (Phi) is 7.11. The van der Waals surface area contributed by atoms with Crippen molar-refractivity contribution in [3.05, 3.63) is 71.7 Å². The molecule has 1 saturated heterocycles. The average molecular weight is 566 g/mol. The van der Waals surface area contributed by atoms with Crippen LogP contribution < -0.4 is 15.4 Å². The molecule has 6 rings (SSSR count). The molecule has 0 atom stereocenters. The lowest BCUT2D eigenvalue weighted by Gasteiger charge is -2.39. The van der Waals surface area contributed by atoms with E-state index in [4.69, 9.17) is 9.84 Å². The van der Waals surface area contributed by atoms with Gasteiger partial charge >= 0.3 is 0 Å². The minimum Gasteiger partial charge on any atom is -0.438 e. The molecular weight excluding hydrogens is 533 g/mol. The van der Waals surface area contributed by atoms with Gasteiger partial charge in [0, 0.05) is 41.3 Å². The third kappa shape index (κ3) is 5.91. The smallest absolute Gasteiger partial charge is 0.251 e. The number of halogens is 1. The van der Waals surface area contributed by atoms with Gasteiger partial charge in [0.15, 0.2) is 5.65 Å². The molecule has 210 valence electrons. The van der Waals surface area contributed by atoms with Gasteiger partial charge in [0.05, 0.1) is 17.6 Å². The van der Waals surface area contributed by atoms with Crippen molar-refractivity contribution in [3.63, 3.8) is 0 Å². The number of carbonyl (C=O) groups excluding carboxylic acids is 1. The maximum atomic E-state index is 13.4. The molecule has 0 bridgehead atoms. The summed E-state index contributed by atoms with van der Waals surface area (Å²) in [4.78, 5) is 17.3. The molecule has 1 aliphatic heterocycles. The molecule has 11 heteroatoms. The van der Waals surface area contributed by atoms with Gasteiger partial charge in [-0.2, -0.15) is 10.6 Å². The zero-order valence-corrected chi connectivity index (χ0v) is 23.0. The molecule has 1 amide bonds. The molecule has 2 aromatic carbocycles. The van der Waals surface area contributed by atoms with Crippen LogP contribution in [0, 0.1) is 18.7 Å². The molecular formula is C29H32FN5O4S. The number of carbonyl (C=O) groups is 1. The van der Waals surface area contributed by atoms with Crippen LogP contribution in [0.5, 0.6) is 11.6 Å². The molecule has 4 aromatic rings. The average Bonchev–Trinajstić information content (AvgIpc) is 3.64. The number of rotatable bonds is 8. The van der Waals surface area contributed by atoms with E-state index in [2.05, 4.69) is 15.6 Å². The SMILES string of the molecule is Cc1cc(-c2cnc3c(NCC4CCS(O)(O)CC4)cc(Oc4ccc(F)cc4)nn23)ccc1C(=O)NC1CC1. The molecule has 9 nitrogen and oxygen atoms in total. The maximum Gasteiger partial charge on any atom is 0.251 e. The van der Waals surface area contributed by atoms with Crippen LogP contribution in [-0.4, -0.2) is 53.7 Å². The molecule has 2 fully saturated rings. The van der Waals surface area contributed by atoms with E-state index in [0.717, 1.165) is 42.5 Å². The number of aryl methyl sites for hydroxylation is 1. The molecule has 0 spiro atoms. The summed E-state index contributed by atoms with van der Waals surface area (Å²) >= 11 is 0. The Hall–Kier alpha value is -3.67. The number of nitrogens with zero attached hydrogens (tertiary/aromatic N) is 3. The highest BCUT2D eigenvalue weighted by Crippen LogP contribution is 2.45. The third-order valence-corrected chi connectivity index (χ3v) is 9.23. The van der Waals surface area contributed by atoms with Crippen LogP contribution in [0.1, 0.15) is 41.6 Å². The number of hydrogen-bond acceptors (Lipinski definition) is 7. The van der Waals surface area contributed by atoms with Gasteiger partial charge in [0.2, 0.25) is 5.88 Å². The first-order valence-corrected chi connectivity index (χ1v) is 15.3. The quantitative estimate of drug-likeness (QED) is 0.204. The Bertz CT molecular complexity index is 1540. The van der Waals surface area contributed by atoms with Crippen molar-refractivity contribution in [2.75, 3.05) is 23.4 Å². The highest BCUT2D eigenvalue weighted by molar-refractivity contribution is 8.24. The molecule has 1 saturated carbocycles. The van der Waals surface area contributed by atoms with Gasteiger partial charge in [0.1, 0.15) is 11.6 Å². The van der Waals surface area contributed by atoms with E-state index >= 15 is 0 Å². The van der Waals surface area contributed by atoms with Gasteiger partial charge in [-0.25, -0.2) is 13.9 Å². The molecule has 4 N–H and O–H groups in total. The van der Waals surface area contributed by atoms with Gasteiger partial charge in [-0.1, -0.05) is 6.07 Å². The fourth-order valence-electron chi connectivity index (χ4n) is 4.93. The second kappa shape index (κ2) is 10.7. The van der Waals surface area contributed by atoms with Crippen molar-refractivity contribution in [3.8, 4) is 22.9 Å². The summed E-state index contributed by atoms with van der Waals surface area (Å²) in [7, 11) is -2.45. The van der Waals surface area contributed by atoms with Crippen LogP contribution >= 0.6 is 10.6 Å². The van der Waals surface area contributed by atoms with Crippen LogP contribution in [0.4, 0.5) is 10.1 Å². The van der Waals surface area contributed by atoms with Crippen LogP contribution in [-0.2, 0) is 0 Å². The van der Waals surface area contributed by atoms with E-state index in [-0.39, 0.29) is 17.8 Å². The number of hydrogen-bond donors (Lipinski definition) is 4. The van der Waals surface area contributed by atoms with Gasteiger partial charge in [-0.3, -0.25) is 13.9 Å².